The first-order valence-electron chi connectivity index (χ1n) is 5.23. The van der Waals surface area contributed by atoms with E-state index in [-0.39, 0.29) is 0 Å². The summed E-state index contributed by atoms with van der Waals surface area (Å²) < 4.78 is 1.01. The number of hydrogen-bond acceptors (Lipinski definition) is 3. The molecule has 0 aliphatic heterocycles. The minimum atomic E-state index is 0.311. The molecule has 0 fully saturated rings. The van der Waals surface area contributed by atoms with Gasteiger partial charge in [0, 0.05) is 22.9 Å². The molecule has 0 amide bonds. The number of nitrogens with zero attached hydrogens (tertiary/aromatic N) is 1. The van der Waals surface area contributed by atoms with Crippen LogP contribution in [0.2, 0.25) is 0 Å². The van der Waals surface area contributed by atoms with Gasteiger partial charge in [0.2, 0.25) is 0 Å². The lowest BCUT2D eigenvalue weighted by Crippen LogP contribution is -2.41. The smallest absolute Gasteiger partial charge is 0.0410 e. The second kappa shape index (κ2) is 6.20. The van der Waals surface area contributed by atoms with Crippen molar-refractivity contribution in [2.24, 2.45) is 11.8 Å². The first kappa shape index (κ1) is 12.6. The molecule has 0 aliphatic carbocycles. The Morgan fingerprint density at radius 2 is 2.27 bits per heavy atom. The van der Waals surface area contributed by atoms with Crippen LogP contribution < -0.4 is 11.3 Å². The zero-order chi connectivity index (χ0) is 11.3. The van der Waals surface area contributed by atoms with E-state index in [0.717, 1.165) is 17.3 Å². The van der Waals surface area contributed by atoms with Crippen molar-refractivity contribution in [2.45, 2.75) is 32.7 Å². The van der Waals surface area contributed by atoms with Gasteiger partial charge in [-0.05, 0) is 39.9 Å². The quantitative estimate of drug-likeness (QED) is 0.638. The predicted molar refractivity (Wildman–Crippen MR) is 66.2 cm³/mol. The van der Waals surface area contributed by atoms with E-state index in [1.807, 2.05) is 6.20 Å². The Kier molecular flexibility index (Phi) is 5.22. The largest absolute Gasteiger partial charge is 0.271 e. The second-order valence-electron chi connectivity index (χ2n) is 3.87. The van der Waals surface area contributed by atoms with Gasteiger partial charge in [0.15, 0.2) is 0 Å². The highest BCUT2D eigenvalue weighted by Gasteiger charge is 2.14. The van der Waals surface area contributed by atoms with E-state index in [9.17, 15) is 0 Å². The van der Waals surface area contributed by atoms with Crippen LogP contribution in [-0.4, -0.2) is 11.0 Å². The number of hydrogen-bond donors (Lipinski definition) is 2. The molecule has 1 aromatic heterocycles. The SMILES string of the molecule is CCC(C)C(Cc1cncc(Br)c1)NN. The fourth-order valence-electron chi connectivity index (χ4n) is 1.53. The van der Waals surface area contributed by atoms with E-state index >= 15 is 0 Å². The molecule has 2 atom stereocenters. The van der Waals surface area contributed by atoms with Gasteiger partial charge in [0.1, 0.15) is 0 Å². The molecule has 3 nitrogen and oxygen atoms in total. The van der Waals surface area contributed by atoms with Crippen molar-refractivity contribution in [1.82, 2.24) is 10.4 Å². The zero-order valence-electron chi connectivity index (χ0n) is 9.20. The molecule has 1 aromatic rings. The van der Waals surface area contributed by atoms with E-state index in [1.165, 1.54) is 5.56 Å². The number of hydrazine groups is 1. The fraction of sp³-hybridized carbons (Fsp3) is 0.545. The van der Waals surface area contributed by atoms with Crippen LogP contribution in [0.1, 0.15) is 25.8 Å². The Labute approximate surface area is 99.6 Å². The monoisotopic (exact) mass is 271 g/mol. The van der Waals surface area contributed by atoms with E-state index in [4.69, 9.17) is 5.84 Å². The van der Waals surface area contributed by atoms with Crippen molar-refractivity contribution < 1.29 is 0 Å². The molecule has 3 N–H and O–H groups in total. The number of halogens is 1. The third-order valence-corrected chi connectivity index (χ3v) is 3.20. The predicted octanol–water partition coefficient (Wildman–Crippen LogP) is 2.26. The van der Waals surface area contributed by atoms with Crippen LogP contribution in [0.25, 0.3) is 0 Å². The summed E-state index contributed by atoms with van der Waals surface area (Å²) in [7, 11) is 0. The summed E-state index contributed by atoms with van der Waals surface area (Å²) in [6.07, 6.45) is 5.71. The molecule has 0 bridgehead atoms. The minimum Gasteiger partial charge on any atom is -0.271 e. The standard InChI is InChI=1S/C11H18BrN3/c1-3-8(2)11(15-13)5-9-4-10(12)7-14-6-9/h4,6-8,11,15H,3,5,13H2,1-2H3. The van der Waals surface area contributed by atoms with Gasteiger partial charge in [-0.25, -0.2) is 0 Å². The van der Waals surface area contributed by atoms with Gasteiger partial charge in [0.05, 0.1) is 0 Å². The molecule has 0 aromatic carbocycles. The molecule has 15 heavy (non-hydrogen) atoms. The fourth-order valence-corrected chi connectivity index (χ4v) is 1.94. The Bertz CT molecular complexity index is 304. The topological polar surface area (TPSA) is 50.9 Å². The summed E-state index contributed by atoms with van der Waals surface area (Å²) in [4.78, 5) is 4.14. The highest BCUT2D eigenvalue weighted by Crippen LogP contribution is 2.15. The van der Waals surface area contributed by atoms with E-state index < -0.39 is 0 Å². The van der Waals surface area contributed by atoms with Gasteiger partial charge in [0.25, 0.3) is 0 Å². The maximum absolute atomic E-state index is 5.55. The Morgan fingerprint density at radius 3 is 2.80 bits per heavy atom. The van der Waals surface area contributed by atoms with Gasteiger partial charge in [-0.2, -0.15) is 0 Å². The van der Waals surface area contributed by atoms with Gasteiger partial charge in [-0.1, -0.05) is 20.3 Å². The van der Waals surface area contributed by atoms with Crippen LogP contribution >= 0.6 is 15.9 Å². The van der Waals surface area contributed by atoms with Crippen LogP contribution in [0.15, 0.2) is 22.9 Å². The van der Waals surface area contributed by atoms with Crippen LogP contribution in [0, 0.1) is 5.92 Å². The highest BCUT2D eigenvalue weighted by molar-refractivity contribution is 9.10. The molecule has 1 rings (SSSR count). The minimum absolute atomic E-state index is 0.311. The van der Waals surface area contributed by atoms with Gasteiger partial charge in [-0.3, -0.25) is 16.3 Å². The lowest BCUT2D eigenvalue weighted by atomic mass is 9.94. The summed E-state index contributed by atoms with van der Waals surface area (Å²) in [6.45, 7) is 4.38. The summed E-state index contributed by atoms with van der Waals surface area (Å²) in [6, 6.07) is 2.39. The maximum atomic E-state index is 5.55. The first-order chi connectivity index (χ1) is 7.17. The Hall–Kier alpha value is -0.450. The summed E-state index contributed by atoms with van der Waals surface area (Å²) in [5.74, 6) is 6.12. The number of pyridine rings is 1. The molecule has 0 saturated carbocycles. The van der Waals surface area contributed by atoms with E-state index in [1.54, 1.807) is 6.20 Å². The van der Waals surface area contributed by atoms with Crippen LogP contribution in [-0.2, 0) is 6.42 Å². The first-order valence-corrected chi connectivity index (χ1v) is 6.02. The molecule has 0 spiro atoms. The number of nitrogens with two attached hydrogens (primary N) is 1. The van der Waals surface area contributed by atoms with Crippen molar-refractivity contribution in [3.63, 3.8) is 0 Å². The zero-order valence-corrected chi connectivity index (χ0v) is 10.8. The molecule has 1 heterocycles. The third kappa shape index (κ3) is 3.89. The molecule has 0 aliphatic rings. The number of rotatable bonds is 5. The van der Waals surface area contributed by atoms with Gasteiger partial charge in [-0.15, -0.1) is 0 Å². The van der Waals surface area contributed by atoms with E-state index in [0.29, 0.717) is 12.0 Å². The normalized spacial score (nSPS) is 14.9. The van der Waals surface area contributed by atoms with Crippen molar-refractivity contribution in [3.8, 4) is 0 Å². The van der Waals surface area contributed by atoms with Crippen LogP contribution in [0.3, 0.4) is 0 Å². The number of aromatic nitrogens is 1. The van der Waals surface area contributed by atoms with E-state index in [2.05, 4.69) is 46.3 Å². The molecule has 84 valence electrons. The van der Waals surface area contributed by atoms with Crippen LogP contribution in [0.4, 0.5) is 0 Å². The van der Waals surface area contributed by atoms with Crippen molar-refractivity contribution >= 4 is 15.9 Å². The summed E-state index contributed by atoms with van der Waals surface area (Å²) in [5, 5.41) is 0. The lowest BCUT2D eigenvalue weighted by Gasteiger charge is -2.21. The molecule has 0 saturated heterocycles. The molecular weight excluding hydrogens is 254 g/mol. The highest BCUT2D eigenvalue weighted by atomic mass is 79.9. The summed E-state index contributed by atoms with van der Waals surface area (Å²) >= 11 is 3.41. The Balaban J connectivity index is 2.66. The van der Waals surface area contributed by atoms with Crippen LogP contribution in [0.5, 0.6) is 0 Å². The summed E-state index contributed by atoms with van der Waals surface area (Å²) in [5.41, 5.74) is 4.08. The Morgan fingerprint density at radius 1 is 1.53 bits per heavy atom. The second-order valence-corrected chi connectivity index (χ2v) is 4.79. The number of nitrogens with one attached hydrogen (secondary N) is 1. The van der Waals surface area contributed by atoms with Crippen molar-refractivity contribution in [1.29, 1.82) is 0 Å². The van der Waals surface area contributed by atoms with Gasteiger partial charge < -0.3 is 0 Å². The van der Waals surface area contributed by atoms with Crippen molar-refractivity contribution in [3.05, 3.63) is 28.5 Å². The maximum Gasteiger partial charge on any atom is 0.0410 e. The average molecular weight is 272 g/mol. The van der Waals surface area contributed by atoms with Crippen molar-refractivity contribution in [2.75, 3.05) is 0 Å². The third-order valence-electron chi connectivity index (χ3n) is 2.76. The molecule has 0 radical (unpaired) electrons. The average Bonchev–Trinajstić information content (AvgIpc) is 2.25. The lowest BCUT2D eigenvalue weighted by molar-refractivity contribution is 0.370. The molecule has 4 heteroatoms. The molecule has 2 unspecified atom stereocenters. The van der Waals surface area contributed by atoms with Gasteiger partial charge >= 0.3 is 0 Å². The molecular formula is C11H18BrN3.